The van der Waals surface area contributed by atoms with E-state index in [2.05, 4.69) is 22.9 Å². The first-order valence-corrected chi connectivity index (χ1v) is 10.9. The monoisotopic (exact) mass is 362 g/mol. The largest absolute Gasteiger partial charge is 0.334 e. The Morgan fingerprint density at radius 1 is 1.00 bits per heavy atom. The fourth-order valence-electron chi connectivity index (χ4n) is 6.85. The maximum absolute atomic E-state index is 12.5. The second kappa shape index (κ2) is 7.14. The average Bonchev–Trinajstić information content (AvgIpc) is 2.54. The summed E-state index contributed by atoms with van der Waals surface area (Å²) < 4.78 is 0. The molecule has 3 amide bonds. The van der Waals surface area contributed by atoms with E-state index < -0.39 is 0 Å². The highest BCUT2D eigenvalue weighted by atomic mass is 16.2. The van der Waals surface area contributed by atoms with Crippen molar-refractivity contribution in [1.29, 1.82) is 0 Å². The molecule has 5 nitrogen and oxygen atoms in total. The number of hydrogen-bond acceptors (Lipinski definition) is 2. The topological polar surface area (TPSA) is 74.8 Å². The van der Waals surface area contributed by atoms with Crippen molar-refractivity contribution in [2.45, 2.75) is 95.7 Å². The van der Waals surface area contributed by atoms with Crippen molar-refractivity contribution < 1.29 is 14.9 Å². The maximum atomic E-state index is 12.5. The summed E-state index contributed by atoms with van der Waals surface area (Å²) in [7, 11) is 0. The Bertz CT molecular complexity index is 526. The van der Waals surface area contributed by atoms with E-state index in [0.29, 0.717) is 12.0 Å². The molecule has 5 aliphatic rings. The minimum atomic E-state index is -0.270. The van der Waals surface area contributed by atoms with Crippen LogP contribution in [0, 0.1) is 23.7 Å². The van der Waals surface area contributed by atoms with Crippen LogP contribution in [0.5, 0.6) is 0 Å². The molecule has 0 spiro atoms. The molecule has 0 aromatic rings. The number of nitrogens with two attached hydrogens (primary N) is 1. The standard InChI is InChI=1S/C21H35N3O2/c1-13-5-3-4-6-18(13)22-14(2)19(25)23-20(26)24-21-10-15-7-16(11-21)9-17(8-15)12-21/h13-18,22H,3-12H2,1-2H3,(H2,23,24,25,26)/p+1/t13-,14-,15?,16?,17?,18-,21?/m0/s1. The smallest absolute Gasteiger partial charge is 0.322 e. The molecule has 3 atom stereocenters. The highest BCUT2D eigenvalue weighted by Crippen LogP contribution is 2.55. The molecule has 0 saturated heterocycles. The summed E-state index contributed by atoms with van der Waals surface area (Å²) >= 11 is 0. The fourth-order valence-corrected chi connectivity index (χ4v) is 6.85. The zero-order chi connectivity index (χ0) is 18.3. The molecule has 0 radical (unpaired) electrons. The number of quaternary nitrogens is 1. The quantitative estimate of drug-likeness (QED) is 0.718. The van der Waals surface area contributed by atoms with Crippen molar-refractivity contribution in [3.8, 4) is 0 Å². The average molecular weight is 363 g/mol. The lowest BCUT2D eigenvalue weighted by atomic mass is 9.53. The number of imide groups is 1. The van der Waals surface area contributed by atoms with Gasteiger partial charge in [0.15, 0.2) is 6.04 Å². The van der Waals surface area contributed by atoms with Crippen LogP contribution in [0.15, 0.2) is 0 Å². The van der Waals surface area contributed by atoms with Gasteiger partial charge in [-0.15, -0.1) is 0 Å². The molecule has 5 rings (SSSR count). The van der Waals surface area contributed by atoms with Gasteiger partial charge in [-0.25, -0.2) is 4.79 Å². The van der Waals surface area contributed by atoms with E-state index in [-0.39, 0.29) is 23.5 Å². The van der Waals surface area contributed by atoms with Gasteiger partial charge in [0.05, 0.1) is 6.04 Å². The number of nitrogens with one attached hydrogen (secondary N) is 2. The van der Waals surface area contributed by atoms with E-state index >= 15 is 0 Å². The van der Waals surface area contributed by atoms with E-state index in [1.54, 1.807) is 0 Å². The minimum Gasteiger partial charge on any atom is -0.334 e. The summed E-state index contributed by atoms with van der Waals surface area (Å²) in [5.41, 5.74) is -0.0377. The molecule has 26 heavy (non-hydrogen) atoms. The van der Waals surface area contributed by atoms with Crippen LogP contribution in [0.4, 0.5) is 4.79 Å². The molecule has 5 aliphatic carbocycles. The Hall–Kier alpha value is -1.10. The van der Waals surface area contributed by atoms with Crippen molar-refractivity contribution in [1.82, 2.24) is 10.6 Å². The SMILES string of the molecule is C[C@H]([NH2+][C@H]1CCCC[C@@H]1C)C(=O)NC(=O)NC12CC3CC(CC(C3)C1)C2. The summed E-state index contributed by atoms with van der Waals surface area (Å²) in [5, 5.41) is 8.05. The molecule has 0 aliphatic heterocycles. The van der Waals surface area contributed by atoms with Crippen LogP contribution in [0.3, 0.4) is 0 Å². The highest BCUT2D eigenvalue weighted by molar-refractivity contribution is 5.96. The van der Waals surface area contributed by atoms with Crippen LogP contribution < -0.4 is 16.0 Å². The molecule has 5 heteroatoms. The number of amides is 3. The van der Waals surface area contributed by atoms with Gasteiger partial charge in [0.2, 0.25) is 0 Å². The third kappa shape index (κ3) is 3.78. The van der Waals surface area contributed by atoms with E-state index in [9.17, 15) is 9.59 Å². The van der Waals surface area contributed by atoms with Gasteiger partial charge in [-0.3, -0.25) is 10.1 Å². The summed E-state index contributed by atoms with van der Waals surface area (Å²) in [4.78, 5) is 25.1. The second-order valence-electron chi connectivity index (χ2n) is 10.0. The molecule has 0 aromatic heterocycles. The van der Waals surface area contributed by atoms with Gasteiger partial charge in [0.1, 0.15) is 0 Å². The number of hydrogen-bond donors (Lipinski definition) is 3. The molecule has 0 heterocycles. The Morgan fingerprint density at radius 3 is 2.15 bits per heavy atom. The lowest BCUT2D eigenvalue weighted by molar-refractivity contribution is -0.714. The molecule has 4 bridgehead atoms. The third-order valence-corrected chi connectivity index (χ3v) is 7.78. The molecule has 0 unspecified atom stereocenters. The van der Waals surface area contributed by atoms with Crippen LogP contribution in [0.2, 0.25) is 0 Å². The lowest BCUT2D eigenvalue weighted by Gasteiger charge is -2.56. The normalized spacial score (nSPS) is 42.3. The van der Waals surface area contributed by atoms with Crippen LogP contribution in [-0.2, 0) is 4.79 Å². The first-order chi connectivity index (χ1) is 12.4. The van der Waals surface area contributed by atoms with E-state index in [0.717, 1.165) is 37.0 Å². The van der Waals surface area contributed by atoms with Crippen molar-refractivity contribution in [3.63, 3.8) is 0 Å². The molecular formula is C21H36N3O2+. The number of rotatable bonds is 4. The van der Waals surface area contributed by atoms with E-state index in [1.807, 2.05) is 6.92 Å². The van der Waals surface area contributed by atoms with E-state index in [1.165, 1.54) is 44.9 Å². The molecule has 146 valence electrons. The first-order valence-electron chi connectivity index (χ1n) is 10.9. The number of carbonyl (C=O) groups is 2. The van der Waals surface area contributed by atoms with Gasteiger partial charge < -0.3 is 10.6 Å². The second-order valence-corrected chi connectivity index (χ2v) is 10.0. The van der Waals surface area contributed by atoms with Gasteiger partial charge in [0.25, 0.3) is 5.91 Å². The Kier molecular flexibility index (Phi) is 5.02. The number of carbonyl (C=O) groups excluding carboxylic acids is 2. The van der Waals surface area contributed by atoms with Crippen molar-refractivity contribution >= 4 is 11.9 Å². The molecule has 5 fully saturated rings. The summed E-state index contributed by atoms with van der Waals surface area (Å²) in [5.74, 6) is 2.87. The van der Waals surface area contributed by atoms with Gasteiger partial charge in [-0.05, 0) is 82.5 Å². The molecule has 4 N–H and O–H groups in total. The lowest BCUT2D eigenvalue weighted by Crippen LogP contribution is -2.98. The van der Waals surface area contributed by atoms with Crippen LogP contribution in [0.25, 0.3) is 0 Å². The van der Waals surface area contributed by atoms with Crippen molar-refractivity contribution in [2.24, 2.45) is 23.7 Å². The predicted octanol–water partition coefficient (Wildman–Crippen LogP) is 2.31. The minimum absolute atomic E-state index is 0.0377. The van der Waals surface area contributed by atoms with Crippen molar-refractivity contribution in [2.75, 3.05) is 0 Å². The number of urea groups is 1. The molecular weight excluding hydrogens is 326 g/mol. The fraction of sp³-hybridized carbons (Fsp3) is 0.905. The van der Waals surface area contributed by atoms with Crippen LogP contribution in [-0.4, -0.2) is 29.6 Å². The van der Waals surface area contributed by atoms with Gasteiger partial charge in [-0.2, -0.15) is 0 Å². The van der Waals surface area contributed by atoms with Gasteiger partial charge >= 0.3 is 6.03 Å². The third-order valence-electron chi connectivity index (χ3n) is 7.78. The molecule has 5 saturated carbocycles. The molecule has 0 aromatic carbocycles. The van der Waals surface area contributed by atoms with Crippen LogP contribution in [0.1, 0.15) is 78.1 Å². The van der Waals surface area contributed by atoms with Crippen LogP contribution >= 0.6 is 0 Å². The van der Waals surface area contributed by atoms with Gasteiger partial charge in [0, 0.05) is 11.5 Å². The summed E-state index contributed by atoms with van der Waals surface area (Å²) in [6, 6.07) is 0.0345. The highest BCUT2D eigenvalue weighted by Gasteiger charge is 2.51. The Labute approximate surface area is 157 Å². The predicted molar refractivity (Wildman–Crippen MR) is 100 cm³/mol. The van der Waals surface area contributed by atoms with Gasteiger partial charge in [-0.1, -0.05) is 13.3 Å². The Morgan fingerprint density at radius 2 is 1.58 bits per heavy atom. The van der Waals surface area contributed by atoms with E-state index in [4.69, 9.17) is 0 Å². The zero-order valence-corrected chi connectivity index (χ0v) is 16.4. The zero-order valence-electron chi connectivity index (χ0n) is 16.4. The summed E-state index contributed by atoms with van der Waals surface area (Å²) in [6.45, 7) is 4.21. The van der Waals surface area contributed by atoms with Crippen molar-refractivity contribution in [3.05, 3.63) is 0 Å². The summed E-state index contributed by atoms with van der Waals surface area (Å²) in [6.07, 6.45) is 12.4. The first kappa shape index (κ1) is 18.3. The Balaban J connectivity index is 1.28. The maximum Gasteiger partial charge on any atom is 0.322 e.